The van der Waals surface area contributed by atoms with Crippen molar-refractivity contribution < 1.29 is 9.13 Å². The number of benzene rings is 1. The molecule has 0 unspecified atom stereocenters. The van der Waals surface area contributed by atoms with E-state index in [9.17, 15) is 4.39 Å². The summed E-state index contributed by atoms with van der Waals surface area (Å²) in [5.74, 6) is -0.269. The van der Waals surface area contributed by atoms with Gasteiger partial charge in [0.15, 0.2) is 11.6 Å². The molecule has 0 N–H and O–H groups in total. The Bertz CT molecular complexity index is 288. The lowest BCUT2D eigenvalue weighted by atomic mass is 10.2. The summed E-state index contributed by atoms with van der Waals surface area (Å²) in [6, 6.07) is 1.58. The largest absolute Gasteiger partial charge is 0.492 e. The van der Waals surface area contributed by atoms with Crippen LogP contribution < -0.4 is 4.74 Å². The van der Waals surface area contributed by atoms with E-state index in [-0.39, 0.29) is 10.8 Å². The minimum absolute atomic E-state index is 0.102. The molecule has 0 aliphatic carbocycles. The minimum Gasteiger partial charge on any atom is -0.492 e. The third kappa shape index (κ3) is 1.66. The predicted molar refractivity (Wildman–Crippen MR) is 55.4 cm³/mol. The fourth-order valence-electron chi connectivity index (χ4n) is 0.880. The van der Waals surface area contributed by atoms with Crippen molar-refractivity contribution in [3.63, 3.8) is 0 Å². The van der Waals surface area contributed by atoms with E-state index in [0.717, 1.165) is 9.13 Å². The van der Waals surface area contributed by atoms with Crippen LogP contribution in [0.3, 0.4) is 0 Å². The fraction of sp³-hybridized carbons (Fsp3) is 0.250. The molecule has 0 heterocycles. The lowest BCUT2D eigenvalue weighted by Gasteiger charge is -2.08. The Balaban J connectivity index is 3.42. The van der Waals surface area contributed by atoms with Crippen molar-refractivity contribution >= 4 is 34.2 Å². The van der Waals surface area contributed by atoms with Crippen LogP contribution in [0.15, 0.2) is 6.07 Å². The predicted octanol–water partition coefficient (Wildman–Crippen LogP) is 3.40. The normalized spacial score (nSPS) is 10.1. The van der Waals surface area contributed by atoms with Crippen molar-refractivity contribution in [1.29, 1.82) is 0 Å². The van der Waals surface area contributed by atoms with Gasteiger partial charge in [0.2, 0.25) is 0 Å². The number of aryl methyl sites for hydroxylation is 1. The number of rotatable bonds is 1. The van der Waals surface area contributed by atoms with Crippen molar-refractivity contribution in [3.05, 3.63) is 26.0 Å². The molecule has 0 radical (unpaired) electrons. The topological polar surface area (TPSA) is 9.23 Å². The van der Waals surface area contributed by atoms with Crippen LogP contribution in [0.25, 0.3) is 0 Å². The zero-order valence-electron chi connectivity index (χ0n) is 6.62. The van der Waals surface area contributed by atoms with Gasteiger partial charge in [-0.25, -0.2) is 4.39 Å². The highest BCUT2D eigenvalue weighted by Crippen LogP contribution is 2.32. The molecule has 66 valence electrons. The first-order chi connectivity index (χ1) is 5.57. The van der Waals surface area contributed by atoms with Gasteiger partial charge in [0.05, 0.1) is 15.7 Å². The molecule has 1 aromatic carbocycles. The van der Waals surface area contributed by atoms with Gasteiger partial charge in [-0.3, -0.25) is 0 Å². The molecule has 0 bridgehead atoms. The smallest absolute Gasteiger partial charge is 0.184 e. The molecular weight excluding hydrogens is 293 g/mol. The lowest BCUT2D eigenvalue weighted by molar-refractivity contribution is 0.383. The van der Waals surface area contributed by atoms with E-state index in [2.05, 4.69) is 0 Å². The molecule has 0 saturated carbocycles. The van der Waals surface area contributed by atoms with Crippen molar-refractivity contribution in [3.8, 4) is 5.75 Å². The first-order valence-corrected chi connectivity index (χ1v) is 4.71. The molecule has 0 aromatic heterocycles. The van der Waals surface area contributed by atoms with E-state index in [1.54, 1.807) is 6.07 Å². The summed E-state index contributed by atoms with van der Waals surface area (Å²) in [6.45, 7) is 1.86. The summed E-state index contributed by atoms with van der Waals surface area (Å²) >= 11 is 7.64. The zero-order chi connectivity index (χ0) is 9.30. The number of hydrogen-bond acceptors (Lipinski definition) is 1. The number of methoxy groups -OCH3 is 1. The maximum Gasteiger partial charge on any atom is 0.184 e. The third-order valence-corrected chi connectivity index (χ3v) is 3.12. The Kier molecular flexibility index (Phi) is 3.17. The Hall–Kier alpha value is -0.0300. The summed E-state index contributed by atoms with van der Waals surface area (Å²) in [6.07, 6.45) is 0. The van der Waals surface area contributed by atoms with Gasteiger partial charge in [-0.1, -0.05) is 11.6 Å². The second-order valence-electron chi connectivity index (χ2n) is 2.34. The molecule has 4 heteroatoms. The SMILES string of the molecule is COc1c(F)c(Cl)cc(C)c1I. The molecular formula is C8H7ClFIO. The monoisotopic (exact) mass is 300 g/mol. The highest BCUT2D eigenvalue weighted by Gasteiger charge is 2.13. The molecule has 12 heavy (non-hydrogen) atoms. The Labute approximate surface area is 89.0 Å². The molecule has 0 aliphatic heterocycles. The van der Waals surface area contributed by atoms with Gasteiger partial charge in [0.1, 0.15) is 0 Å². The van der Waals surface area contributed by atoms with Crippen LogP contribution in [0.5, 0.6) is 5.75 Å². The van der Waals surface area contributed by atoms with E-state index in [0.29, 0.717) is 0 Å². The van der Waals surface area contributed by atoms with Crippen LogP contribution in [0.4, 0.5) is 4.39 Å². The Morgan fingerprint density at radius 2 is 2.17 bits per heavy atom. The number of ether oxygens (including phenoxy) is 1. The molecule has 1 nitrogen and oxygen atoms in total. The molecule has 0 fully saturated rings. The lowest BCUT2D eigenvalue weighted by Crippen LogP contribution is -1.94. The maximum atomic E-state index is 13.2. The fourth-order valence-corrected chi connectivity index (χ4v) is 1.74. The first kappa shape index (κ1) is 10.1. The van der Waals surface area contributed by atoms with Crippen LogP contribution in [0.2, 0.25) is 5.02 Å². The van der Waals surface area contributed by atoms with E-state index in [1.165, 1.54) is 7.11 Å². The van der Waals surface area contributed by atoms with E-state index in [4.69, 9.17) is 16.3 Å². The van der Waals surface area contributed by atoms with Gasteiger partial charge in [-0.15, -0.1) is 0 Å². The standard InChI is InChI=1S/C8H7ClFIO/c1-4-3-5(9)6(10)8(12-2)7(4)11/h3H,1-2H3. The molecule has 0 atom stereocenters. The van der Waals surface area contributed by atoms with Crippen molar-refractivity contribution in [2.75, 3.05) is 7.11 Å². The van der Waals surface area contributed by atoms with Gasteiger partial charge < -0.3 is 4.74 Å². The van der Waals surface area contributed by atoms with Crippen molar-refractivity contribution in [1.82, 2.24) is 0 Å². The Morgan fingerprint density at radius 1 is 1.58 bits per heavy atom. The van der Waals surface area contributed by atoms with Crippen LogP contribution in [0.1, 0.15) is 5.56 Å². The Morgan fingerprint density at radius 3 is 2.67 bits per heavy atom. The van der Waals surface area contributed by atoms with Crippen LogP contribution >= 0.6 is 34.2 Å². The molecule has 1 aromatic rings. The van der Waals surface area contributed by atoms with Gasteiger partial charge >= 0.3 is 0 Å². The third-order valence-electron chi connectivity index (χ3n) is 1.50. The summed E-state index contributed by atoms with van der Waals surface area (Å²) in [4.78, 5) is 0. The molecule has 0 aliphatic rings. The van der Waals surface area contributed by atoms with E-state index >= 15 is 0 Å². The molecule has 0 saturated heterocycles. The van der Waals surface area contributed by atoms with Gasteiger partial charge in [-0.05, 0) is 41.1 Å². The summed E-state index contributed by atoms with van der Waals surface area (Å²) in [5.41, 5.74) is 0.916. The molecule has 0 spiro atoms. The first-order valence-electron chi connectivity index (χ1n) is 3.26. The maximum absolute atomic E-state index is 13.2. The number of halogens is 3. The van der Waals surface area contributed by atoms with Gasteiger partial charge in [-0.2, -0.15) is 0 Å². The van der Waals surface area contributed by atoms with E-state index < -0.39 is 5.82 Å². The van der Waals surface area contributed by atoms with Crippen molar-refractivity contribution in [2.24, 2.45) is 0 Å². The van der Waals surface area contributed by atoms with Crippen LogP contribution in [-0.4, -0.2) is 7.11 Å². The van der Waals surface area contributed by atoms with E-state index in [1.807, 2.05) is 29.5 Å². The molecule has 1 rings (SSSR count). The average Bonchev–Trinajstić information content (AvgIpc) is 2.02. The van der Waals surface area contributed by atoms with Crippen LogP contribution in [0, 0.1) is 16.3 Å². The highest BCUT2D eigenvalue weighted by atomic mass is 127. The van der Waals surface area contributed by atoms with Gasteiger partial charge in [0.25, 0.3) is 0 Å². The quantitative estimate of drug-likeness (QED) is 0.570. The van der Waals surface area contributed by atoms with Gasteiger partial charge in [0, 0.05) is 0 Å². The molecule has 0 amide bonds. The summed E-state index contributed by atoms with van der Waals surface area (Å²) in [5, 5.41) is 0.102. The second kappa shape index (κ2) is 3.79. The van der Waals surface area contributed by atoms with Crippen molar-refractivity contribution in [2.45, 2.75) is 6.92 Å². The number of hydrogen-bond donors (Lipinski definition) is 0. The minimum atomic E-state index is -0.492. The van der Waals surface area contributed by atoms with Crippen LogP contribution in [-0.2, 0) is 0 Å². The summed E-state index contributed by atoms with van der Waals surface area (Å²) in [7, 11) is 1.43. The summed E-state index contributed by atoms with van der Waals surface area (Å²) < 4.78 is 18.8. The second-order valence-corrected chi connectivity index (χ2v) is 3.82. The highest BCUT2D eigenvalue weighted by molar-refractivity contribution is 14.1. The average molecular weight is 300 g/mol. The zero-order valence-corrected chi connectivity index (χ0v) is 9.53.